The first kappa shape index (κ1) is 13.5. The average molecular weight is 291 g/mol. The van der Waals surface area contributed by atoms with Crippen LogP contribution in [-0.2, 0) is 9.63 Å². The van der Waals surface area contributed by atoms with E-state index in [1.807, 2.05) is 0 Å². The molecule has 0 radical (unpaired) electrons. The fraction of sp³-hybridized carbons (Fsp3) is 0.818. The lowest BCUT2D eigenvalue weighted by atomic mass is 9.87. The van der Waals surface area contributed by atoms with Gasteiger partial charge in [-0.15, -0.1) is 0 Å². The topological polar surface area (TPSA) is 50.7 Å². The number of amidine groups is 1. The van der Waals surface area contributed by atoms with Crippen molar-refractivity contribution in [2.24, 2.45) is 10.6 Å². The van der Waals surface area contributed by atoms with Gasteiger partial charge in [-0.25, -0.2) is 0 Å². The molecular weight excluding hydrogens is 272 g/mol. The lowest BCUT2D eigenvalue weighted by Gasteiger charge is -2.24. The summed E-state index contributed by atoms with van der Waals surface area (Å²) in [7, 11) is 0. The average Bonchev–Trinajstić information content (AvgIpc) is 2.49. The van der Waals surface area contributed by atoms with Crippen molar-refractivity contribution in [2.75, 3.05) is 0 Å². The zero-order valence-electron chi connectivity index (χ0n) is 10.4. The number of rotatable bonds is 1. The van der Waals surface area contributed by atoms with E-state index in [1.54, 1.807) is 13.8 Å². The molecule has 0 spiro atoms. The number of oxime groups is 1. The van der Waals surface area contributed by atoms with Crippen LogP contribution in [0.25, 0.3) is 0 Å². The van der Waals surface area contributed by atoms with Crippen LogP contribution in [-0.4, -0.2) is 22.2 Å². The van der Waals surface area contributed by atoms with Gasteiger partial charge in [0.05, 0.1) is 4.32 Å². The molecule has 5 heteroatoms. The summed E-state index contributed by atoms with van der Waals surface area (Å²) in [4.78, 5) is 17.0. The minimum atomic E-state index is -0.588. The number of amides is 1. The second-order valence-corrected chi connectivity index (χ2v) is 7.61. The standard InChI is InChI=1S/C11H19BrN2O2/c1-10(2,3)7-6-8(14-16-7)13-9(15)11(4,5)12/h7H,6H2,1-5H3,(H,13,14,15). The van der Waals surface area contributed by atoms with Crippen LogP contribution in [0, 0.1) is 5.41 Å². The van der Waals surface area contributed by atoms with Gasteiger partial charge in [0.1, 0.15) is 6.10 Å². The Morgan fingerprint density at radius 3 is 2.38 bits per heavy atom. The maximum Gasteiger partial charge on any atom is 0.241 e. The van der Waals surface area contributed by atoms with Crippen LogP contribution < -0.4 is 5.32 Å². The predicted molar refractivity (Wildman–Crippen MR) is 67.5 cm³/mol. The van der Waals surface area contributed by atoms with E-state index in [9.17, 15) is 4.79 Å². The van der Waals surface area contributed by atoms with Gasteiger partial charge in [-0.3, -0.25) is 4.79 Å². The lowest BCUT2D eigenvalue weighted by Crippen LogP contribution is -2.41. The first-order chi connectivity index (χ1) is 7.10. The second-order valence-electron chi connectivity index (χ2n) is 5.63. The molecule has 1 N–H and O–H groups in total. The molecule has 0 aromatic rings. The van der Waals surface area contributed by atoms with E-state index >= 15 is 0 Å². The quantitative estimate of drug-likeness (QED) is 0.754. The SMILES string of the molecule is CC(C)(Br)C(=O)NC1=NOC(C(C)(C)C)C1. The first-order valence-corrected chi connectivity index (χ1v) is 6.13. The highest BCUT2D eigenvalue weighted by atomic mass is 79.9. The van der Waals surface area contributed by atoms with Gasteiger partial charge >= 0.3 is 0 Å². The van der Waals surface area contributed by atoms with Crippen LogP contribution in [0.1, 0.15) is 41.0 Å². The van der Waals surface area contributed by atoms with Crippen LogP contribution in [0.4, 0.5) is 0 Å². The fourth-order valence-electron chi connectivity index (χ4n) is 1.20. The molecule has 1 rings (SSSR count). The van der Waals surface area contributed by atoms with Gasteiger partial charge in [-0.2, -0.15) is 0 Å². The molecule has 0 saturated heterocycles. The van der Waals surface area contributed by atoms with Crippen molar-refractivity contribution in [3.63, 3.8) is 0 Å². The number of hydrogen-bond acceptors (Lipinski definition) is 3. The van der Waals surface area contributed by atoms with Gasteiger partial charge < -0.3 is 10.2 Å². The number of halogens is 1. The van der Waals surface area contributed by atoms with Gasteiger partial charge in [0, 0.05) is 11.8 Å². The van der Waals surface area contributed by atoms with E-state index in [0.717, 1.165) is 0 Å². The molecule has 0 aromatic heterocycles. The van der Waals surface area contributed by atoms with Crippen LogP contribution in [0.15, 0.2) is 5.16 Å². The third kappa shape index (κ3) is 3.47. The summed E-state index contributed by atoms with van der Waals surface area (Å²) in [5.41, 5.74) is 0.0277. The number of alkyl halides is 1. The molecule has 1 heterocycles. The van der Waals surface area contributed by atoms with Crippen LogP contribution in [0.2, 0.25) is 0 Å². The molecule has 16 heavy (non-hydrogen) atoms. The largest absolute Gasteiger partial charge is 0.390 e. The highest BCUT2D eigenvalue weighted by molar-refractivity contribution is 9.10. The number of nitrogens with zero attached hydrogens (tertiary/aromatic N) is 1. The Morgan fingerprint density at radius 1 is 1.44 bits per heavy atom. The Balaban J connectivity index is 2.52. The third-order valence-corrected chi connectivity index (χ3v) is 2.79. The van der Waals surface area contributed by atoms with Gasteiger partial charge in [0.15, 0.2) is 5.84 Å². The third-order valence-electron chi connectivity index (χ3n) is 2.43. The summed E-state index contributed by atoms with van der Waals surface area (Å²) >= 11 is 3.30. The van der Waals surface area contributed by atoms with E-state index in [0.29, 0.717) is 12.3 Å². The van der Waals surface area contributed by atoms with Gasteiger partial charge in [0.2, 0.25) is 5.91 Å². The van der Waals surface area contributed by atoms with E-state index in [4.69, 9.17) is 4.84 Å². The number of nitrogens with one attached hydrogen (secondary N) is 1. The van der Waals surface area contributed by atoms with Crippen LogP contribution >= 0.6 is 15.9 Å². The Morgan fingerprint density at radius 2 is 2.00 bits per heavy atom. The Kier molecular flexibility index (Phi) is 3.67. The minimum absolute atomic E-state index is 0.0277. The molecule has 0 bridgehead atoms. The molecule has 0 fully saturated rings. The van der Waals surface area contributed by atoms with Gasteiger partial charge in [0.25, 0.3) is 0 Å². The second kappa shape index (κ2) is 4.35. The number of carbonyl (C=O) groups excluding carboxylic acids is 1. The summed E-state index contributed by atoms with van der Waals surface area (Å²) < 4.78 is -0.588. The zero-order valence-corrected chi connectivity index (χ0v) is 12.0. The molecule has 1 aliphatic heterocycles. The van der Waals surface area contributed by atoms with E-state index in [2.05, 4.69) is 47.2 Å². The highest BCUT2D eigenvalue weighted by Crippen LogP contribution is 2.28. The molecule has 4 nitrogen and oxygen atoms in total. The molecule has 0 aromatic carbocycles. The van der Waals surface area contributed by atoms with Crippen molar-refractivity contribution in [1.29, 1.82) is 0 Å². The molecule has 1 amide bonds. The normalized spacial score (nSPS) is 21.4. The molecule has 92 valence electrons. The first-order valence-electron chi connectivity index (χ1n) is 5.34. The maximum absolute atomic E-state index is 11.7. The summed E-state index contributed by atoms with van der Waals surface area (Å²) in [6.45, 7) is 9.85. The minimum Gasteiger partial charge on any atom is -0.390 e. The molecule has 0 saturated carbocycles. The van der Waals surface area contributed by atoms with Crippen LogP contribution in [0.5, 0.6) is 0 Å². The van der Waals surface area contributed by atoms with Crippen molar-refractivity contribution in [3.8, 4) is 0 Å². The van der Waals surface area contributed by atoms with Crippen molar-refractivity contribution in [3.05, 3.63) is 0 Å². The van der Waals surface area contributed by atoms with Crippen molar-refractivity contribution < 1.29 is 9.63 Å². The molecule has 0 aliphatic carbocycles. The highest BCUT2D eigenvalue weighted by Gasteiger charge is 2.34. The van der Waals surface area contributed by atoms with Gasteiger partial charge in [-0.05, 0) is 13.8 Å². The molecule has 1 atom stereocenters. The smallest absolute Gasteiger partial charge is 0.241 e. The monoisotopic (exact) mass is 290 g/mol. The predicted octanol–water partition coefficient (Wildman–Crippen LogP) is 2.42. The molecular formula is C11H19BrN2O2. The maximum atomic E-state index is 11.7. The summed E-state index contributed by atoms with van der Waals surface area (Å²) in [5.74, 6) is 0.502. The van der Waals surface area contributed by atoms with Crippen molar-refractivity contribution in [2.45, 2.75) is 51.5 Å². The number of hydrogen-bond donors (Lipinski definition) is 1. The molecule has 1 unspecified atom stereocenters. The molecule has 1 aliphatic rings. The fourth-order valence-corrected chi connectivity index (χ4v) is 1.29. The Bertz CT molecular complexity index is 313. The Labute approximate surface area is 105 Å². The van der Waals surface area contributed by atoms with Crippen molar-refractivity contribution >= 4 is 27.7 Å². The van der Waals surface area contributed by atoms with E-state index in [1.165, 1.54) is 0 Å². The van der Waals surface area contributed by atoms with Crippen molar-refractivity contribution in [1.82, 2.24) is 5.32 Å². The zero-order chi connectivity index (χ0) is 12.6. The van der Waals surface area contributed by atoms with E-state index in [-0.39, 0.29) is 17.4 Å². The number of carbonyl (C=O) groups is 1. The Hall–Kier alpha value is -0.580. The van der Waals surface area contributed by atoms with E-state index < -0.39 is 4.32 Å². The van der Waals surface area contributed by atoms with Crippen LogP contribution in [0.3, 0.4) is 0 Å². The summed E-state index contributed by atoms with van der Waals surface area (Å²) in [6.07, 6.45) is 0.680. The summed E-state index contributed by atoms with van der Waals surface area (Å²) in [6, 6.07) is 0. The lowest BCUT2D eigenvalue weighted by molar-refractivity contribution is -0.121. The van der Waals surface area contributed by atoms with Gasteiger partial charge in [-0.1, -0.05) is 41.9 Å². The summed E-state index contributed by atoms with van der Waals surface area (Å²) in [5, 5.41) is 6.66.